The van der Waals surface area contributed by atoms with Crippen molar-refractivity contribution in [2.45, 2.75) is 70.1 Å². The molecule has 2 bridgehead atoms. The second-order valence-electron chi connectivity index (χ2n) is 10.5. The van der Waals surface area contributed by atoms with Gasteiger partial charge < -0.3 is 20.1 Å². The van der Waals surface area contributed by atoms with Crippen molar-refractivity contribution in [1.29, 1.82) is 0 Å². The Morgan fingerprint density at radius 3 is 2.59 bits per heavy atom. The molecule has 2 aromatic rings. The van der Waals surface area contributed by atoms with E-state index in [0.717, 1.165) is 43.0 Å². The number of fused-ring (bicyclic) bond motifs is 3. The van der Waals surface area contributed by atoms with Gasteiger partial charge >= 0.3 is 0 Å². The van der Waals surface area contributed by atoms with E-state index in [-0.39, 0.29) is 40.9 Å². The number of carbonyl (C=O) groups excluding carboxylic acids is 2. The molecule has 6 rings (SSSR count). The maximum Gasteiger partial charge on any atom is 0.291 e. The number of nitrogens with one attached hydrogen (secondary N) is 1. The number of aromatic nitrogens is 3. The molecule has 10 heteroatoms. The fraction of sp³-hybridized carbons (Fsp3) is 0.583. The van der Waals surface area contributed by atoms with E-state index >= 15 is 0 Å². The summed E-state index contributed by atoms with van der Waals surface area (Å²) < 4.78 is 8.33. The molecule has 2 atom stereocenters. The largest absolute Gasteiger partial charge is 0.494 e. The highest BCUT2D eigenvalue weighted by Gasteiger charge is 2.41. The molecular formula is C24H29N5O5. The lowest BCUT2D eigenvalue weighted by Gasteiger charge is -2.33. The standard InChI is InChI=1S/C24H29N5O5/c1-24(8-9-24)13-27-21-14(2-7-18(30)28-16-5-6-17(28)12-34-11-16)10-25-29(21)23(33)19(22(27)32)20(31)26-15-3-4-15/h2,7,10,15-17,32H,3-6,8-9,11-13H2,1H3,(H,26,31). The summed E-state index contributed by atoms with van der Waals surface area (Å²) in [5.41, 5.74) is -0.0543. The van der Waals surface area contributed by atoms with Gasteiger partial charge in [-0.05, 0) is 50.0 Å². The van der Waals surface area contributed by atoms with Crippen LogP contribution >= 0.6 is 0 Å². The monoisotopic (exact) mass is 467 g/mol. The van der Waals surface area contributed by atoms with Crippen molar-refractivity contribution in [3.05, 3.63) is 33.8 Å². The molecule has 2 N–H and O–H groups in total. The number of aromatic hydroxyl groups is 1. The minimum absolute atomic E-state index is 0.0225. The van der Waals surface area contributed by atoms with Gasteiger partial charge in [0.2, 0.25) is 11.8 Å². The van der Waals surface area contributed by atoms with Gasteiger partial charge in [-0.15, -0.1) is 0 Å². The van der Waals surface area contributed by atoms with Crippen LogP contribution in [0.5, 0.6) is 5.88 Å². The van der Waals surface area contributed by atoms with Crippen LogP contribution in [0.25, 0.3) is 11.7 Å². The zero-order valence-electron chi connectivity index (χ0n) is 19.2. The summed E-state index contributed by atoms with van der Waals surface area (Å²) >= 11 is 0. The molecule has 2 aromatic heterocycles. The van der Waals surface area contributed by atoms with Gasteiger partial charge in [-0.25, -0.2) is 0 Å². The number of hydrogen-bond acceptors (Lipinski definition) is 6. The van der Waals surface area contributed by atoms with E-state index in [1.54, 1.807) is 10.6 Å². The van der Waals surface area contributed by atoms with Gasteiger partial charge in [0.25, 0.3) is 11.5 Å². The van der Waals surface area contributed by atoms with Crippen LogP contribution in [-0.4, -0.2) is 67.3 Å². The minimum atomic E-state index is -0.667. The van der Waals surface area contributed by atoms with Crippen LogP contribution in [0.4, 0.5) is 0 Å². The molecule has 2 saturated heterocycles. The molecular weight excluding hydrogens is 438 g/mol. The highest BCUT2D eigenvalue weighted by molar-refractivity contribution is 5.97. The first-order chi connectivity index (χ1) is 16.3. The van der Waals surface area contributed by atoms with Crippen LogP contribution in [0.2, 0.25) is 0 Å². The molecule has 2 amide bonds. The summed E-state index contributed by atoms with van der Waals surface area (Å²) in [6.45, 7) is 3.67. The Kier molecular flexibility index (Phi) is 4.84. The minimum Gasteiger partial charge on any atom is -0.494 e. The van der Waals surface area contributed by atoms with Crippen molar-refractivity contribution >= 4 is 23.5 Å². The highest BCUT2D eigenvalue weighted by atomic mass is 16.5. The SMILES string of the molecule is CC1(Cn2c(O)c(C(=O)NC3CC3)c(=O)n3ncc(C=CC(=O)N4C5CCC4COC5)c23)CC1. The number of rotatable bonds is 6. The lowest BCUT2D eigenvalue weighted by atomic mass is 10.1. The van der Waals surface area contributed by atoms with Crippen molar-refractivity contribution in [2.24, 2.45) is 5.41 Å². The third kappa shape index (κ3) is 3.60. The lowest BCUT2D eigenvalue weighted by Crippen LogP contribution is -2.48. The van der Waals surface area contributed by atoms with E-state index in [4.69, 9.17) is 4.74 Å². The van der Waals surface area contributed by atoms with Crippen molar-refractivity contribution < 1.29 is 19.4 Å². The summed E-state index contributed by atoms with van der Waals surface area (Å²) in [6.07, 6.45) is 10.3. The average Bonchev–Trinajstić information content (AvgIpc) is 3.70. The Hall–Kier alpha value is -3.14. The fourth-order valence-corrected chi connectivity index (χ4v) is 5.15. The topological polar surface area (TPSA) is 118 Å². The third-order valence-corrected chi connectivity index (χ3v) is 7.60. The van der Waals surface area contributed by atoms with Gasteiger partial charge in [0.1, 0.15) is 5.65 Å². The van der Waals surface area contributed by atoms with Crippen molar-refractivity contribution in [2.75, 3.05) is 13.2 Å². The summed E-state index contributed by atoms with van der Waals surface area (Å²) in [7, 11) is 0. The molecule has 2 aliphatic carbocycles. The number of ether oxygens (including phenoxy) is 1. The molecule has 4 aliphatic rings. The van der Waals surface area contributed by atoms with Gasteiger partial charge in [0.05, 0.1) is 31.5 Å². The molecule has 0 radical (unpaired) electrons. The van der Waals surface area contributed by atoms with Crippen molar-refractivity contribution in [1.82, 2.24) is 24.4 Å². The van der Waals surface area contributed by atoms with Crippen LogP contribution < -0.4 is 10.9 Å². The van der Waals surface area contributed by atoms with Crippen molar-refractivity contribution in [3.8, 4) is 5.88 Å². The van der Waals surface area contributed by atoms with Crippen LogP contribution in [0.3, 0.4) is 0 Å². The predicted molar refractivity (Wildman–Crippen MR) is 122 cm³/mol. The number of amides is 2. The second-order valence-corrected chi connectivity index (χ2v) is 10.5. The van der Waals surface area contributed by atoms with E-state index in [2.05, 4.69) is 17.3 Å². The molecule has 34 heavy (non-hydrogen) atoms. The zero-order chi connectivity index (χ0) is 23.6. The lowest BCUT2D eigenvalue weighted by molar-refractivity contribution is -0.135. The zero-order valence-corrected chi connectivity index (χ0v) is 19.2. The first-order valence-corrected chi connectivity index (χ1v) is 12.1. The highest BCUT2D eigenvalue weighted by Crippen LogP contribution is 2.47. The third-order valence-electron chi connectivity index (χ3n) is 7.60. The number of morpholine rings is 1. The summed E-state index contributed by atoms with van der Waals surface area (Å²) in [5.74, 6) is -1.02. The van der Waals surface area contributed by atoms with Crippen LogP contribution in [0.1, 0.15) is 61.4 Å². The van der Waals surface area contributed by atoms with Crippen molar-refractivity contribution in [3.63, 3.8) is 0 Å². The molecule has 2 aliphatic heterocycles. The molecule has 4 fully saturated rings. The molecule has 4 heterocycles. The van der Waals surface area contributed by atoms with E-state index in [1.807, 2.05) is 4.90 Å². The van der Waals surface area contributed by atoms with Crippen LogP contribution in [0, 0.1) is 5.41 Å². The molecule has 180 valence electrons. The Morgan fingerprint density at radius 2 is 1.94 bits per heavy atom. The first-order valence-electron chi connectivity index (χ1n) is 12.1. The first kappa shape index (κ1) is 21.4. The molecule has 2 saturated carbocycles. The molecule has 10 nitrogen and oxygen atoms in total. The maximum absolute atomic E-state index is 13.2. The second kappa shape index (κ2) is 7.69. The summed E-state index contributed by atoms with van der Waals surface area (Å²) in [4.78, 5) is 40.8. The maximum atomic E-state index is 13.2. The van der Waals surface area contributed by atoms with E-state index < -0.39 is 11.5 Å². The number of carbonyl (C=O) groups is 2. The number of hydrogen-bond donors (Lipinski definition) is 2. The summed E-state index contributed by atoms with van der Waals surface area (Å²) in [6, 6.07) is 0.253. The van der Waals surface area contributed by atoms with Gasteiger partial charge in [-0.3, -0.25) is 19.0 Å². The van der Waals surface area contributed by atoms with Gasteiger partial charge in [-0.2, -0.15) is 9.61 Å². The molecule has 0 aromatic carbocycles. The van der Waals surface area contributed by atoms with Gasteiger partial charge in [0.15, 0.2) is 5.56 Å². The molecule has 0 spiro atoms. The van der Waals surface area contributed by atoms with E-state index in [0.29, 0.717) is 31.0 Å². The normalized spacial score (nSPS) is 25.3. The van der Waals surface area contributed by atoms with Crippen LogP contribution in [0.15, 0.2) is 17.1 Å². The number of nitrogens with zero attached hydrogens (tertiary/aromatic N) is 4. The quantitative estimate of drug-likeness (QED) is 0.619. The Morgan fingerprint density at radius 1 is 1.24 bits per heavy atom. The smallest absolute Gasteiger partial charge is 0.291 e. The predicted octanol–water partition coefficient (Wildman–Crippen LogP) is 1.30. The Labute approximate surface area is 196 Å². The van der Waals surface area contributed by atoms with E-state index in [9.17, 15) is 19.5 Å². The Bertz CT molecular complexity index is 1250. The van der Waals surface area contributed by atoms with Gasteiger partial charge in [0, 0.05) is 24.2 Å². The molecule has 2 unspecified atom stereocenters. The van der Waals surface area contributed by atoms with Gasteiger partial charge in [-0.1, -0.05) is 6.92 Å². The Balaban J connectivity index is 1.39. The van der Waals surface area contributed by atoms with E-state index in [1.165, 1.54) is 12.3 Å². The fourth-order valence-electron chi connectivity index (χ4n) is 5.15. The van der Waals surface area contributed by atoms with Crippen LogP contribution in [-0.2, 0) is 16.1 Å². The average molecular weight is 468 g/mol. The summed E-state index contributed by atoms with van der Waals surface area (Å²) in [5, 5.41) is 18.1.